The van der Waals surface area contributed by atoms with Gasteiger partial charge in [-0.15, -0.1) is 0 Å². The third kappa shape index (κ3) is 5.67. The maximum atomic E-state index is 13.1. The number of ether oxygens (including phenoxy) is 3. The number of carbonyl (C=O) groups is 2. The average molecular weight is 379 g/mol. The highest BCUT2D eigenvalue weighted by molar-refractivity contribution is 5.95. The van der Waals surface area contributed by atoms with Crippen molar-refractivity contribution in [3.8, 4) is 11.5 Å². The van der Waals surface area contributed by atoms with Crippen LogP contribution >= 0.6 is 0 Å². The zero-order valence-corrected chi connectivity index (χ0v) is 14.9. The molecular formula is C19H19F2NO5. The summed E-state index contributed by atoms with van der Waals surface area (Å²) in [7, 11) is 0. The first-order chi connectivity index (χ1) is 12.9. The second-order valence-electron chi connectivity index (χ2n) is 5.28. The van der Waals surface area contributed by atoms with Gasteiger partial charge in [0.1, 0.15) is 0 Å². The Morgan fingerprint density at radius 3 is 2.30 bits per heavy atom. The zero-order chi connectivity index (χ0) is 19.8. The van der Waals surface area contributed by atoms with Crippen LogP contribution in [0.1, 0.15) is 24.2 Å². The maximum Gasteiger partial charge on any atom is 0.338 e. The molecule has 8 heteroatoms. The molecule has 2 aromatic rings. The Hall–Kier alpha value is -3.16. The van der Waals surface area contributed by atoms with E-state index >= 15 is 0 Å². The van der Waals surface area contributed by atoms with Crippen molar-refractivity contribution in [2.45, 2.75) is 13.8 Å². The first-order valence-electron chi connectivity index (χ1n) is 8.26. The number of nitrogens with one attached hydrogen (secondary N) is 1. The summed E-state index contributed by atoms with van der Waals surface area (Å²) in [6, 6.07) is 7.43. The predicted octanol–water partition coefficient (Wildman–Crippen LogP) is 3.56. The summed E-state index contributed by atoms with van der Waals surface area (Å²) >= 11 is 0. The first-order valence-corrected chi connectivity index (χ1v) is 8.26. The summed E-state index contributed by atoms with van der Waals surface area (Å²) in [5, 5.41) is 2.31. The molecule has 27 heavy (non-hydrogen) atoms. The normalized spacial score (nSPS) is 10.2. The van der Waals surface area contributed by atoms with Crippen molar-refractivity contribution < 1.29 is 32.6 Å². The number of esters is 1. The highest BCUT2D eigenvalue weighted by atomic mass is 19.2. The molecule has 0 aliphatic carbocycles. The van der Waals surface area contributed by atoms with E-state index < -0.39 is 30.1 Å². The summed E-state index contributed by atoms with van der Waals surface area (Å²) in [5.74, 6) is -2.67. The standard InChI is InChI=1S/C19H19F2NO5/c1-3-25-16-8-5-12(9-17(16)26-4-2)19(24)27-11-18(23)22-13-6-7-14(20)15(21)10-13/h5-10H,3-4,11H2,1-2H3,(H,22,23). The molecule has 0 fully saturated rings. The summed E-state index contributed by atoms with van der Waals surface area (Å²) < 4.78 is 41.8. The molecular weight excluding hydrogens is 360 g/mol. The fourth-order valence-electron chi connectivity index (χ4n) is 2.16. The molecule has 0 spiro atoms. The lowest BCUT2D eigenvalue weighted by atomic mass is 10.2. The molecule has 144 valence electrons. The molecule has 0 bridgehead atoms. The van der Waals surface area contributed by atoms with E-state index in [1.54, 1.807) is 13.0 Å². The van der Waals surface area contributed by atoms with Crippen LogP contribution in [0, 0.1) is 11.6 Å². The van der Waals surface area contributed by atoms with E-state index in [9.17, 15) is 18.4 Å². The molecule has 0 unspecified atom stereocenters. The quantitative estimate of drug-likeness (QED) is 0.710. The van der Waals surface area contributed by atoms with Crippen molar-refractivity contribution >= 4 is 17.6 Å². The van der Waals surface area contributed by atoms with Gasteiger partial charge in [-0.25, -0.2) is 13.6 Å². The lowest BCUT2D eigenvalue weighted by molar-refractivity contribution is -0.119. The van der Waals surface area contributed by atoms with Gasteiger partial charge < -0.3 is 19.5 Å². The van der Waals surface area contributed by atoms with Crippen molar-refractivity contribution in [3.05, 3.63) is 53.6 Å². The fourth-order valence-corrected chi connectivity index (χ4v) is 2.16. The van der Waals surface area contributed by atoms with Gasteiger partial charge in [0.15, 0.2) is 29.7 Å². The Labute approximate surface area is 155 Å². The maximum absolute atomic E-state index is 13.1. The Balaban J connectivity index is 1.97. The van der Waals surface area contributed by atoms with E-state index in [4.69, 9.17) is 14.2 Å². The minimum atomic E-state index is -1.09. The Morgan fingerprint density at radius 2 is 1.63 bits per heavy atom. The van der Waals surface area contributed by atoms with E-state index in [0.717, 1.165) is 12.1 Å². The summed E-state index contributed by atoms with van der Waals surface area (Å²) in [5.41, 5.74) is 0.233. The van der Waals surface area contributed by atoms with Gasteiger partial charge in [-0.1, -0.05) is 0 Å². The number of benzene rings is 2. The van der Waals surface area contributed by atoms with Crippen LogP contribution in [-0.4, -0.2) is 31.7 Å². The lowest BCUT2D eigenvalue weighted by Crippen LogP contribution is -2.21. The average Bonchev–Trinajstić information content (AvgIpc) is 2.64. The van der Waals surface area contributed by atoms with Crippen molar-refractivity contribution in [1.82, 2.24) is 0 Å². The number of hydrogen-bond donors (Lipinski definition) is 1. The van der Waals surface area contributed by atoms with Crippen LogP contribution < -0.4 is 14.8 Å². The highest BCUT2D eigenvalue weighted by Crippen LogP contribution is 2.28. The van der Waals surface area contributed by atoms with E-state index in [1.807, 2.05) is 6.92 Å². The van der Waals surface area contributed by atoms with E-state index in [0.29, 0.717) is 24.7 Å². The van der Waals surface area contributed by atoms with Gasteiger partial charge in [0.2, 0.25) is 0 Å². The lowest BCUT2D eigenvalue weighted by Gasteiger charge is -2.12. The molecule has 6 nitrogen and oxygen atoms in total. The smallest absolute Gasteiger partial charge is 0.338 e. The van der Waals surface area contributed by atoms with Gasteiger partial charge in [-0.2, -0.15) is 0 Å². The van der Waals surface area contributed by atoms with Gasteiger partial charge in [0.25, 0.3) is 5.91 Å². The molecule has 0 aromatic heterocycles. The summed E-state index contributed by atoms with van der Waals surface area (Å²) in [6.07, 6.45) is 0. The van der Waals surface area contributed by atoms with Crippen LogP contribution in [0.3, 0.4) is 0 Å². The largest absolute Gasteiger partial charge is 0.490 e. The molecule has 0 heterocycles. The molecule has 0 aliphatic heterocycles. The molecule has 1 amide bonds. The third-order valence-electron chi connectivity index (χ3n) is 3.32. The fraction of sp³-hybridized carbons (Fsp3) is 0.263. The minimum Gasteiger partial charge on any atom is -0.490 e. The number of halogens is 2. The van der Waals surface area contributed by atoms with Crippen LogP contribution in [0.15, 0.2) is 36.4 Å². The molecule has 0 aliphatic rings. The Bertz CT molecular complexity index is 826. The third-order valence-corrected chi connectivity index (χ3v) is 3.32. The molecule has 0 saturated heterocycles. The Morgan fingerprint density at radius 1 is 0.926 bits per heavy atom. The number of anilines is 1. The molecule has 2 rings (SSSR count). The molecule has 2 aromatic carbocycles. The number of rotatable bonds is 8. The number of carbonyl (C=O) groups excluding carboxylic acids is 2. The van der Waals surface area contributed by atoms with E-state index in [-0.39, 0.29) is 11.3 Å². The molecule has 1 N–H and O–H groups in total. The monoisotopic (exact) mass is 379 g/mol. The minimum absolute atomic E-state index is 0.0506. The molecule has 0 saturated carbocycles. The van der Waals surface area contributed by atoms with Crippen molar-refractivity contribution in [2.75, 3.05) is 25.1 Å². The van der Waals surface area contributed by atoms with E-state index in [2.05, 4.69) is 5.32 Å². The van der Waals surface area contributed by atoms with Crippen molar-refractivity contribution in [1.29, 1.82) is 0 Å². The van der Waals surface area contributed by atoms with Crippen LogP contribution in [0.25, 0.3) is 0 Å². The number of hydrogen-bond acceptors (Lipinski definition) is 5. The van der Waals surface area contributed by atoms with Crippen molar-refractivity contribution in [3.63, 3.8) is 0 Å². The SMILES string of the molecule is CCOc1ccc(C(=O)OCC(=O)Nc2ccc(F)c(F)c2)cc1OCC. The van der Waals surface area contributed by atoms with Gasteiger partial charge in [0, 0.05) is 11.8 Å². The Kier molecular flexibility index (Phi) is 7.10. The zero-order valence-electron chi connectivity index (χ0n) is 14.9. The van der Waals surface area contributed by atoms with Crippen LogP contribution in [0.2, 0.25) is 0 Å². The van der Waals surface area contributed by atoms with Crippen LogP contribution in [0.5, 0.6) is 11.5 Å². The van der Waals surface area contributed by atoms with E-state index in [1.165, 1.54) is 18.2 Å². The van der Waals surface area contributed by atoms with Gasteiger partial charge in [-0.3, -0.25) is 4.79 Å². The topological polar surface area (TPSA) is 73.9 Å². The summed E-state index contributed by atoms with van der Waals surface area (Å²) in [6.45, 7) is 3.85. The van der Waals surface area contributed by atoms with Gasteiger partial charge in [-0.05, 0) is 44.2 Å². The molecule has 0 radical (unpaired) electrons. The van der Waals surface area contributed by atoms with Crippen LogP contribution in [-0.2, 0) is 9.53 Å². The molecule has 0 atom stereocenters. The van der Waals surface area contributed by atoms with Gasteiger partial charge in [0.05, 0.1) is 18.8 Å². The number of amides is 1. The second-order valence-corrected chi connectivity index (χ2v) is 5.28. The first kappa shape index (κ1) is 20.2. The van der Waals surface area contributed by atoms with Crippen LogP contribution in [0.4, 0.5) is 14.5 Å². The van der Waals surface area contributed by atoms with Gasteiger partial charge >= 0.3 is 5.97 Å². The summed E-state index contributed by atoms with van der Waals surface area (Å²) in [4.78, 5) is 23.9. The highest BCUT2D eigenvalue weighted by Gasteiger charge is 2.14. The van der Waals surface area contributed by atoms with Crippen molar-refractivity contribution in [2.24, 2.45) is 0 Å². The predicted molar refractivity (Wildman–Crippen MR) is 94.1 cm³/mol. The second kappa shape index (κ2) is 9.51.